The number of benzene rings is 1. The highest BCUT2D eigenvalue weighted by molar-refractivity contribution is 7.97. The van der Waals surface area contributed by atoms with E-state index in [1.54, 1.807) is 18.1 Å². The van der Waals surface area contributed by atoms with Gasteiger partial charge in [-0.25, -0.2) is 0 Å². The van der Waals surface area contributed by atoms with E-state index in [0.29, 0.717) is 6.54 Å². The lowest BCUT2D eigenvalue weighted by molar-refractivity contribution is -0.123. The molecular formula is C21H24N8OS+. The molecule has 0 bridgehead atoms. The molecule has 0 unspecified atom stereocenters. The summed E-state index contributed by atoms with van der Waals surface area (Å²) in [5.41, 5.74) is 7.14. The third-order valence-corrected chi connectivity index (χ3v) is 6.49. The quantitative estimate of drug-likeness (QED) is 0.409. The molecule has 0 atom stereocenters. The van der Waals surface area contributed by atoms with Gasteiger partial charge < -0.3 is 11.1 Å². The first-order valence-corrected chi connectivity index (χ1v) is 10.9. The summed E-state index contributed by atoms with van der Waals surface area (Å²) >= 11 is 1.60. The summed E-state index contributed by atoms with van der Waals surface area (Å²) in [6.45, 7) is 2.63. The summed E-state index contributed by atoms with van der Waals surface area (Å²) in [7, 11) is 0. The number of hydrogen-bond donors (Lipinski definition) is 4. The lowest BCUT2D eigenvalue weighted by Crippen LogP contribution is -2.56. The second-order valence-corrected chi connectivity index (χ2v) is 9.07. The lowest BCUT2D eigenvalue weighted by atomic mass is 9.77. The van der Waals surface area contributed by atoms with Crippen LogP contribution in [0.25, 0.3) is 0 Å². The number of H-pyrrole nitrogens is 1. The SMILES string of the molecule is Cc1cc(NC2=CN(Sc3ccc(NC(=O)C4(N)CCC4)cc3)CC3=NC=C[N+]23)n[nH]1. The van der Waals surface area contributed by atoms with E-state index in [0.717, 1.165) is 53.0 Å². The number of carbonyl (C=O) groups is 1. The Hall–Kier alpha value is -3.08. The average molecular weight is 437 g/mol. The number of fused-ring (bicyclic) bond motifs is 1. The number of nitrogens with one attached hydrogen (secondary N) is 3. The zero-order valence-electron chi connectivity index (χ0n) is 17.1. The van der Waals surface area contributed by atoms with Crippen LogP contribution < -0.4 is 21.3 Å². The van der Waals surface area contributed by atoms with Crippen molar-refractivity contribution in [3.8, 4) is 0 Å². The molecule has 1 aromatic carbocycles. The van der Waals surface area contributed by atoms with Crippen molar-refractivity contribution in [1.82, 2.24) is 19.4 Å². The van der Waals surface area contributed by atoms with Crippen LogP contribution in [0.2, 0.25) is 0 Å². The third kappa shape index (κ3) is 4.09. The van der Waals surface area contributed by atoms with Gasteiger partial charge in [0.15, 0.2) is 12.0 Å². The van der Waals surface area contributed by atoms with Gasteiger partial charge in [0.25, 0.3) is 11.7 Å². The smallest absolute Gasteiger partial charge is 0.285 e. The number of nitrogens with zero attached hydrogens (tertiary/aromatic N) is 4. The molecule has 1 fully saturated rings. The third-order valence-electron chi connectivity index (χ3n) is 5.54. The maximum absolute atomic E-state index is 12.3. The van der Waals surface area contributed by atoms with Crippen LogP contribution in [0.15, 0.2) is 64.6 Å². The second kappa shape index (κ2) is 7.88. The maximum atomic E-state index is 12.3. The highest BCUT2D eigenvalue weighted by Gasteiger charge is 2.40. The number of aromatic amines is 1. The van der Waals surface area contributed by atoms with Gasteiger partial charge >= 0.3 is 0 Å². The molecule has 1 aromatic heterocycles. The Bertz CT molecular complexity index is 1080. The van der Waals surface area contributed by atoms with Crippen molar-refractivity contribution in [3.63, 3.8) is 0 Å². The number of nitrogens with two attached hydrogens (primary N) is 1. The van der Waals surface area contributed by atoms with Gasteiger partial charge in [-0.2, -0.15) is 10.1 Å². The molecule has 3 heterocycles. The number of anilines is 2. The van der Waals surface area contributed by atoms with E-state index in [4.69, 9.17) is 5.73 Å². The van der Waals surface area contributed by atoms with Crippen molar-refractivity contribution in [2.24, 2.45) is 10.7 Å². The minimum absolute atomic E-state index is 0.103. The molecule has 5 N–H and O–H groups in total. The number of aromatic nitrogens is 2. The van der Waals surface area contributed by atoms with Crippen molar-refractivity contribution in [1.29, 1.82) is 0 Å². The van der Waals surface area contributed by atoms with Gasteiger partial charge in [-0.1, -0.05) is 0 Å². The van der Waals surface area contributed by atoms with Crippen molar-refractivity contribution in [3.05, 3.63) is 60.4 Å². The molecule has 159 valence electrons. The van der Waals surface area contributed by atoms with Crippen LogP contribution in [0.4, 0.5) is 11.5 Å². The van der Waals surface area contributed by atoms with Gasteiger partial charge in [0.05, 0.1) is 17.9 Å². The Labute approximate surface area is 184 Å². The van der Waals surface area contributed by atoms with E-state index < -0.39 is 5.54 Å². The standard InChI is InChI=1S/C21H24N8OS/c1-14-11-17(27-26-14)25-19-13-28(12-18-23-9-10-29(18)19)31-16-5-3-15(4-6-16)24-20(30)21(22)7-2-8-21/h3-6,9-11,13H,2,7-8,12,22H2,1H3,(H,24,30)(H2,25,26,27)/q+1. The summed E-state index contributed by atoms with van der Waals surface area (Å²) in [4.78, 5) is 19.9. The van der Waals surface area contributed by atoms with E-state index in [1.807, 2.05) is 54.6 Å². The molecule has 1 saturated carbocycles. The largest absolute Gasteiger partial charge is 0.324 e. The Morgan fingerprint density at radius 1 is 1.32 bits per heavy atom. The van der Waals surface area contributed by atoms with Crippen molar-refractivity contribution in [2.75, 3.05) is 17.2 Å². The number of amidine groups is 1. The highest BCUT2D eigenvalue weighted by atomic mass is 32.2. The summed E-state index contributed by atoms with van der Waals surface area (Å²) in [5, 5.41) is 13.5. The number of aryl methyl sites for hydroxylation is 1. The van der Waals surface area contributed by atoms with Crippen LogP contribution in [0, 0.1) is 6.92 Å². The lowest BCUT2D eigenvalue weighted by Gasteiger charge is -2.36. The molecule has 1 aliphatic carbocycles. The monoisotopic (exact) mass is 436 g/mol. The summed E-state index contributed by atoms with van der Waals surface area (Å²) < 4.78 is 2.11. The van der Waals surface area contributed by atoms with Crippen molar-refractivity contribution in [2.45, 2.75) is 36.6 Å². The van der Waals surface area contributed by atoms with Gasteiger partial charge in [-0.05, 0) is 67.3 Å². The number of carbonyl (C=O) groups excluding carboxylic acids is 1. The van der Waals surface area contributed by atoms with Crippen LogP contribution >= 0.6 is 11.9 Å². The average Bonchev–Trinajstić information content (AvgIpc) is 3.36. The fourth-order valence-corrected chi connectivity index (χ4v) is 4.45. The van der Waals surface area contributed by atoms with Gasteiger partial charge in [0, 0.05) is 22.3 Å². The molecular weight excluding hydrogens is 412 g/mol. The summed E-state index contributed by atoms with van der Waals surface area (Å²) in [6, 6.07) is 9.74. The Balaban J connectivity index is 1.27. The number of aliphatic imine (C=N–C) groups is 1. The first-order chi connectivity index (χ1) is 15.0. The maximum Gasteiger partial charge on any atom is 0.285 e. The zero-order chi connectivity index (χ0) is 21.4. The van der Waals surface area contributed by atoms with E-state index in [1.165, 1.54) is 0 Å². The summed E-state index contributed by atoms with van der Waals surface area (Å²) in [5.74, 6) is 2.45. The molecule has 10 heteroatoms. The second-order valence-electron chi connectivity index (χ2n) is 7.94. The predicted octanol–water partition coefficient (Wildman–Crippen LogP) is 2.80. The Kier molecular flexibility index (Phi) is 5.05. The molecule has 1 radical (unpaired) electrons. The predicted molar refractivity (Wildman–Crippen MR) is 122 cm³/mol. The molecule has 31 heavy (non-hydrogen) atoms. The minimum atomic E-state index is -0.704. The Morgan fingerprint density at radius 2 is 2.13 bits per heavy atom. The first kappa shape index (κ1) is 19.9. The van der Waals surface area contributed by atoms with Crippen LogP contribution in [-0.2, 0) is 4.79 Å². The van der Waals surface area contributed by atoms with E-state index in [9.17, 15) is 4.79 Å². The molecule has 5 rings (SSSR count). The molecule has 9 nitrogen and oxygen atoms in total. The fraction of sp³-hybridized carbons (Fsp3) is 0.286. The van der Waals surface area contributed by atoms with Gasteiger partial charge in [0.1, 0.15) is 6.54 Å². The van der Waals surface area contributed by atoms with E-state index in [-0.39, 0.29) is 5.91 Å². The molecule has 2 aromatic rings. The fourth-order valence-electron chi connectivity index (χ4n) is 3.59. The van der Waals surface area contributed by atoms with Crippen LogP contribution in [-0.4, -0.2) is 38.3 Å². The van der Waals surface area contributed by atoms with Crippen LogP contribution in [0.5, 0.6) is 0 Å². The van der Waals surface area contributed by atoms with E-state index in [2.05, 4.69) is 30.1 Å². The topological polar surface area (TPSA) is 117 Å². The van der Waals surface area contributed by atoms with Crippen LogP contribution in [0.1, 0.15) is 25.0 Å². The normalized spacial score (nSPS) is 19.4. The zero-order valence-corrected chi connectivity index (χ0v) is 17.9. The Morgan fingerprint density at radius 3 is 2.81 bits per heavy atom. The number of rotatable bonds is 6. The molecule has 2 aliphatic heterocycles. The molecule has 0 spiro atoms. The van der Waals surface area contributed by atoms with Crippen LogP contribution in [0.3, 0.4) is 0 Å². The summed E-state index contributed by atoms with van der Waals surface area (Å²) in [6.07, 6.45) is 8.26. The van der Waals surface area contributed by atoms with Gasteiger partial charge in [-0.15, -0.1) is 0 Å². The molecule has 0 saturated heterocycles. The van der Waals surface area contributed by atoms with Gasteiger partial charge in [0.2, 0.25) is 5.91 Å². The molecule has 3 aliphatic rings. The van der Waals surface area contributed by atoms with Gasteiger partial charge in [-0.3, -0.25) is 19.5 Å². The first-order valence-electron chi connectivity index (χ1n) is 10.2. The van der Waals surface area contributed by atoms with E-state index >= 15 is 0 Å². The highest BCUT2D eigenvalue weighted by Crippen LogP contribution is 2.32. The minimum Gasteiger partial charge on any atom is -0.324 e. The number of hydrogen-bond acceptors (Lipinski definition) is 8. The van der Waals surface area contributed by atoms with Crippen molar-refractivity contribution >= 4 is 35.2 Å². The van der Waals surface area contributed by atoms with Crippen molar-refractivity contribution < 1.29 is 4.79 Å². The number of amides is 1. The molecule has 1 amide bonds.